The molecular formula is C13H15N5O3. The van der Waals surface area contributed by atoms with E-state index in [2.05, 4.69) is 15.6 Å². The lowest BCUT2D eigenvalue weighted by atomic mass is 10.1. The quantitative estimate of drug-likeness (QED) is 0.333. The third-order valence-electron chi connectivity index (χ3n) is 2.80. The third kappa shape index (κ3) is 3.11. The number of carbonyl (C=O) groups is 1. The van der Waals surface area contributed by atoms with E-state index in [0.29, 0.717) is 22.7 Å². The smallest absolute Gasteiger partial charge is 0.276 e. The lowest BCUT2D eigenvalue weighted by molar-refractivity contribution is 0.102. The number of nitrogens with one attached hydrogen (secondary N) is 1. The standard InChI is InChI=1S/C13H15N5O3/c1-18-6-5-10(16-18)13(19)15-9-4-3-8(12(14)17-20)7-11(9)21-2/h3-7,20H,1-2H3,(H2,14,17)(H,15,19). The molecule has 4 N–H and O–H groups in total. The van der Waals surface area contributed by atoms with Crippen molar-refractivity contribution < 1.29 is 14.7 Å². The van der Waals surface area contributed by atoms with Crippen LogP contribution in [0.15, 0.2) is 35.6 Å². The number of nitrogens with two attached hydrogens (primary N) is 1. The number of rotatable bonds is 4. The molecule has 1 aromatic heterocycles. The Balaban J connectivity index is 2.26. The number of aryl methyl sites for hydroxylation is 1. The number of carbonyl (C=O) groups excluding carboxylic acids is 1. The van der Waals surface area contributed by atoms with E-state index in [-0.39, 0.29) is 11.7 Å². The Morgan fingerprint density at radius 2 is 2.24 bits per heavy atom. The average molecular weight is 289 g/mol. The topological polar surface area (TPSA) is 115 Å². The van der Waals surface area contributed by atoms with Crippen molar-refractivity contribution in [2.24, 2.45) is 17.9 Å². The number of ether oxygens (including phenoxy) is 1. The number of benzene rings is 1. The van der Waals surface area contributed by atoms with Gasteiger partial charge in [-0.15, -0.1) is 0 Å². The van der Waals surface area contributed by atoms with Gasteiger partial charge in [0.25, 0.3) is 5.91 Å². The first-order chi connectivity index (χ1) is 10.0. The van der Waals surface area contributed by atoms with Crippen molar-refractivity contribution in [2.75, 3.05) is 12.4 Å². The number of oxime groups is 1. The molecule has 0 fully saturated rings. The highest BCUT2D eigenvalue weighted by molar-refractivity contribution is 6.04. The zero-order valence-electron chi connectivity index (χ0n) is 11.6. The van der Waals surface area contributed by atoms with Gasteiger partial charge in [0, 0.05) is 18.8 Å². The van der Waals surface area contributed by atoms with Gasteiger partial charge in [-0.3, -0.25) is 9.48 Å². The SMILES string of the molecule is COc1cc(/C(N)=N/O)ccc1NC(=O)c1ccn(C)n1. The van der Waals surface area contributed by atoms with Gasteiger partial charge >= 0.3 is 0 Å². The maximum atomic E-state index is 12.0. The van der Waals surface area contributed by atoms with Crippen LogP contribution in [-0.2, 0) is 7.05 Å². The van der Waals surface area contributed by atoms with Crippen LogP contribution >= 0.6 is 0 Å². The first-order valence-corrected chi connectivity index (χ1v) is 6.02. The Bertz CT molecular complexity index is 693. The maximum absolute atomic E-state index is 12.0. The Morgan fingerprint density at radius 1 is 1.48 bits per heavy atom. The summed E-state index contributed by atoms with van der Waals surface area (Å²) >= 11 is 0. The van der Waals surface area contributed by atoms with E-state index in [0.717, 1.165) is 0 Å². The van der Waals surface area contributed by atoms with Crippen molar-refractivity contribution in [2.45, 2.75) is 0 Å². The zero-order valence-corrected chi connectivity index (χ0v) is 11.6. The lowest BCUT2D eigenvalue weighted by Gasteiger charge is -2.10. The molecule has 0 aliphatic rings. The fourth-order valence-electron chi connectivity index (χ4n) is 1.73. The van der Waals surface area contributed by atoms with E-state index in [4.69, 9.17) is 15.7 Å². The van der Waals surface area contributed by atoms with Crippen LogP contribution in [0.2, 0.25) is 0 Å². The first-order valence-electron chi connectivity index (χ1n) is 6.02. The summed E-state index contributed by atoms with van der Waals surface area (Å²) in [6.45, 7) is 0. The summed E-state index contributed by atoms with van der Waals surface area (Å²) < 4.78 is 6.73. The Morgan fingerprint density at radius 3 is 2.81 bits per heavy atom. The van der Waals surface area contributed by atoms with Gasteiger partial charge in [0.1, 0.15) is 5.75 Å². The number of amidine groups is 1. The average Bonchev–Trinajstić information content (AvgIpc) is 2.93. The van der Waals surface area contributed by atoms with Crippen molar-refractivity contribution in [1.29, 1.82) is 0 Å². The second kappa shape index (κ2) is 5.95. The van der Waals surface area contributed by atoms with Crippen LogP contribution in [-0.4, -0.2) is 33.8 Å². The summed E-state index contributed by atoms with van der Waals surface area (Å²) in [5, 5.41) is 18.3. The highest BCUT2D eigenvalue weighted by atomic mass is 16.5. The van der Waals surface area contributed by atoms with Crippen LogP contribution in [0.5, 0.6) is 5.75 Å². The van der Waals surface area contributed by atoms with E-state index in [1.807, 2.05) is 0 Å². The van der Waals surface area contributed by atoms with Gasteiger partial charge in [-0.05, 0) is 24.3 Å². The van der Waals surface area contributed by atoms with Gasteiger partial charge in [-0.2, -0.15) is 5.10 Å². The molecular weight excluding hydrogens is 274 g/mol. The number of aromatic nitrogens is 2. The number of hydrogen-bond donors (Lipinski definition) is 3. The van der Waals surface area contributed by atoms with Gasteiger partial charge < -0.3 is 21.0 Å². The highest BCUT2D eigenvalue weighted by Gasteiger charge is 2.13. The van der Waals surface area contributed by atoms with E-state index in [9.17, 15) is 4.79 Å². The summed E-state index contributed by atoms with van der Waals surface area (Å²) in [5.41, 5.74) is 6.74. The molecule has 110 valence electrons. The van der Waals surface area contributed by atoms with Crippen molar-refractivity contribution in [3.63, 3.8) is 0 Å². The number of hydrogen-bond acceptors (Lipinski definition) is 5. The molecule has 0 radical (unpaired) electrons. The largest absolute Gasteiger partial charge is 0.495 e. The second-order valence-corrected chi connectivity index (χ2v) is 4.23. The fourth-order valence-corrected chi connectivity index (χ4v) is 1.73. The molecule has 8 heteroatoms. The zero-order chi connectivity index (χ0) is 15.4. The number of anilines is 1. The predicted octanol–water partition coefficient (Wildman–Crippen LogP) is 0.775. The summed E-state index contributed by atoms with van der Waals surface area (Å²) in [6.07, 6.45) is 1.67. The Hall–Kier alpha value is -3.03. The van der Waals surface area contributed by atoms with Gasteiger partial charge in [-0.1, -0.05) is 5.16 Å². The molecule has 2 aromatic rings. The van der Waals surface area contributed by atoms with Crippen molar-refractivity contribution >= 4 is 17.4 Å². The molecule has 1 aromatic carbocycles. The molecule has 0 spiro atoms. The van der Waals surface area contributed by atoms with Crippen molar-refractivity contribution in [3.05, 3.63) is 41.7 Å². The monoisotopic (exact) mass is 289 g/mol. The van der Waals surface area contributed by atoms with Crippen LogP contribution in [0.1, 0.15) is 16.1 Å². The van der Waals surface area contributed by atoms with Crippen molar-refractivity contribution in [1.82, 2.24) is 9.78 Å². The molecule has 2 rings (SSSR count). The third-order valence-corrected chi connectivity index (χ3v) is 2.80. The summed E-state index contributed by atoms with van der Waals surface area (Å²) in [4.78, 5) is 12.0. The van der Waals surface area contributed by atoms with E-state index < -0.39 is 0 Å². The first kappa shape index (κ1) is 14.4. The molecule has 0 bridgehead atoms. The second-order valence-electron chi connectivity index (χ2n) is 4.23. The number of nitrogens with zero attached hydrogens (tertiary/aromatic N) is 3. The molecule has 0 unspecified atom stereocenters. The molecule has 8 nitrogen and oxygen atoms in total. The van der Waals surface area contributed by atoms with Gasteiger partial charge in [-0.25, -0.2) is 0 Å². The summed E-state index contributed by atoms with van der Waals surface area (Å²) in [6, 6.07) is 6.37. The van der Waals surface area contributed by atoms with E-state index in [1.54, 1.807) is 37.5 Å². The fraction of sp³-hybridized carbons (Fsp3) is 0.154. The van der Waals surface area contributed by atoms with Crippen LogP contribution in [0.3, 0.4) is 0 Å². The molecule has 0 saturated heterocycles. The predicted molar refractivity (Wildman–Crippen MR) is 76.7 cm³/mol. The number of amides is 1. The van der Waals surface area contributed by atoms with Crippen LogP contribution in [0, 0.1) is 0 Å². The normalized spacial score (nSPS) is 11.2. The number of methoxy groups -OCH3 is 1. The molecule has 0 saturated carbocycles. The van der Waals surface area contributed by atoms with E-state index >= 15 is 0 Å². The molecule has 21 heavy (non-hydrogen) atoms. The molecule has 0 aliphatic heterocycles. The molecule has 1 heterocycles. The summed E-state index contributed by atoms with van der Waals surface area (Å²) in [7, 11) is 3.19. The molecule has 1 amide bonds. The van der Waals surface area contributed by atoms with Crippen LogP contribution in [0.25, 0.3) is 0 Å². The van der Waals surface area contributed by atoms with Crippen molar-refractivity contribution in [3.8, 4) is 5.75 Å². The van der Waals surface area contributed by atoms with E-state index in [1.165, 1.54) is 11.8 Å². The Labute approximate surface area is 120 Å². The highest BCUT2D eigenvalue weighted by Crippen LogP contribution is 2.26. The minimum atomic E-state index is -0.356. The minimum absolute atomic E-state index is 0.0455. The van der Waals surface area contributed by atoms with Crippen LogP contribution in [0.4, 0.5) is 5.69 Å². The summed E-state index contributed by atoms with van der Waals surface area (Å²) in [5.74, 6) is -0.00951. The Kier molecular flexibility index (Phi) is 4.07. The van der Waals surface area contributed by atoms with Gasteiger partial charge in [0.15, 0.2) is 11.5 Å². The van der Waals surface area contributed by atoms with Crippen LogP contribution < -0.4 is 15.8 Å². The minimum Gasteiger partial charge on any atom is -0.495 e. The molecule has 0 aliphatic carbocycles. The maximum Gasteiger partial charge on any atom is 0.276 e. The van der Waals surface area contributed by atoms with Gasteiger partial charge in [0.05, 0.1) is 12.8 Å². The van der Waals surface area contributed by atoms with Gasteiger partial charge in [0.2, 0.25) is 0 Å². The molecule has 0 atom stereocenters. The lowest BCUT2D eigenvalue weighted by Crippen LogP contribution is -2.16.